The van der Waals surface area contributed by atoms with Crippen LogP contribution >= 0.6 is 0 Å². The highest BCUT2D eigenvalue weighted by Crippen LogP contribution is 2.52. The highest BCUT2D eigenvalue weighted by molar-refractivity contribution is 5.78. The number of fused-ring (bicyclic) bond motifs is 1. The number of halogens is 3. The van der Waals surface area contributed by atoms with Gasteiger partial charge in [-0.05, 0) is 18.6 Å². The fourth-order valence-corrected chi connectivity index (χ4v) is 3.80. The molecule has 0 radical (unpaired) electrons. The molecule has 3 atom stereocenters. The van der Waals surface area contributed by atoms with Gasteiger partial charge in [0.1, 0.15) is 5.75 Å². The molecule has 24 heavy (non-hydrogen) atoms. The lowest BCUT2D eigenvalue weighted by Gasteiger charge is -2.54. The first-order valence-corrected chi connectivity index (χ1v) is 7.91. The molecule has 1 heterocycles. The minimum absolute atomic E-state index is 0.0426. The van der Waals surface area contributed by atoms with Crippen LogP contribution in [0.3, 0.4) is 0 Å². The van der Waals surface area contributed by atoms with Crippen molar-refractivity contribution in [1.29, 1.82) is 0 Å². The number of hydrogen-bond acceptors (Lipinski definition) is 3. The summed E-state index contributed by atoms with van der Waals surface area (Å²) in [6.07, 6.45) is -3.50. The Morgan fingerprint density at radius 2 is 2.08 bits per heavy atom. The van der Waals surface area contributed by atoms with E-state index in [-0.39, 0.29) is 29.2 Å². The number of alkyl halides is 3. The molecule has 0 unspecified atom stereocenters. The molecule has 1 aliphatic carbocycles. The summed E-state index contributed by atoms with van der Waals surface area (Å²) in [6.45, 7) is 4.27. The van der Waals surface area contributed by atoms with Crippen molar-refractivity contribution in [3.05, 3.63) is 29.8 Å². The first-order valence-electron chi connectivity index (χ1n) is 7.91. The smallest absolute Gasteiger partial charge is 0.419 e. The highest BCUT2D eigenvalue weighted by Gasteiger charge is 2.59. The molecule has 1 saturated heterocycles. The second-order valence-corrected chi connectivity index (χ2v) is 6.89. The molecule has 1 aromatic rings. The third-order valence-electron chi connectivity index (χ3n) is 4.97. The summed E-state index contributed by atoms with van der Waals surface area (Å²) < 4.78 is 49.5. The Bertz CT molecular complexity index is 630. The molecule has 0 bridgehead atoms. The lowest BCUT2D eigenvalue weighted by Crippen LogP contribution is -2.67. The second kappa shape index (κ2) is 5.95. The lowest BCUT2D eigenvalue weighted by atomic mass is 9.57. The first-order chi connectivity index (χ1) is 11.2. The lowest BCUT2D eigenvalue weighted by molar-refractivity contribution is -0.142. The van der Waals surface area contributed by atoms with Crippen LogP contribution < -0.4 is 10.1 Å². The third kappa shape index (κ3) is 2.97. The maximum absolute atomic E-state index is 12.9. The predicted molar refractivity (Wildman–Crippen MR) is 80.5 cm³/mol. The predicted octanol–water partition coefficient (Wildman–Crippen LogP) is 3.01. The van der Waals surface area contributed by atoms with Gasteiger partial charge in [-0.15, -0.1) is 0 Å². The molecule has 1 aromatic carbocycles. The molecule has 4 nitrogen and oxygen atoms in total. The number of amides is 1. The van der Waals surface area contributed by atoms with Crippen LogP contribution in [0.4, 0.5) is 13.2 Å². The number of nitrogens with one attached hydrogen (secondary N) is 1. The van der Waals surface area contributed by atoms with E-state index in [4.69, 9.17) is 9.47 Å². The molecule has 2 aliphatic rings. The van der Waals surface area contributed by atoms with Crippen LogP contribution in [0.1, 0.15) is 25.8 Å². The van der Waals surface area contributed by atoms with Crippen molar-refractivity contribution < 1.29 is 27.4 Å². The molecule has 0 spiro atoms. The van der Waals surface area contributed by atoms with Gasteiger partial charge in [-0.3, -0.25) is 4.79 Å². The Morgan fingerprint density at radius 3 is 2.79 bits per heavy atom. The van der Waals surface area contributed by atoms with Crippen molar-refractivity contribution in [3.8, 4) is 5.75 Å². The average Bonchev–Trinajstić information content (AvgIpc) is 2.97. The van der Waals surface area contributed by atoms with Gasteiger partial charge in [0, 0.05) is 24.0 Å². The molecular formula is C17H20F3NO3. The van der Waals surface area contributed by atoms with Crippen LogP contribution in [0.2, 0.25) is 0 Å². The number of para-hydroxylation sites is 1. The van der Waals surface area contributed by atoms with E-state index in [1.165, 1.54) is 18.2 Å². The third-order valence-corrected chi connectivity index (χ3v) is 4.97. The zero-order valence-electron chi connectivity index (χ0n) is 13.5. The zero-order chi connectivity index (χ0) is 17.5. The Kier molecular flexibility index (Phi) is 4.23. The number of carbonyl (C=O) groups excluding carboxylic acids is 1. The van der Waals surface area contributed by atoms with Crippen LogP contribution in [0, 0.1) is 11.3 Å². The molecule has 2 fully saturated rings. The molecule has 0 aromatic heterocycles. The Hall–Kier alpha value is -1.76. The molecule has 1 saturated carbocycles. The quantitative estimate of drug-likeness (QED) is 0.914. The summed E-state index contributed by atoms with van der Waals surface area (Å²) in [6, 6.07) is 4.83. The first kappa shape index (κ1) is 17.1. The van der Waals surface area contributed by atoms with E-state index in [1.54, 1.807) is 0 Å². The van der Waals surface area contributed by atoms with Gasteiger partial charge in [-0.1, -0.05) is 26.0 Å². The van der Waals surface area contributed by atoms with Gasteiger partial charge in [0.15, 0.2) is 6.61 Å². The average molecular weight is 343 g/mol. The van der Waals surface area contributed by atoms with Gasteiger partial charge in [0.2, 0.25) is 0 Å². The number of ether oxygens (including phenoxy) is 2. The van der Waals surface area contributed by atoms with E-state index >= 15 is 0 Å². The highest BCUT2D eigenvalue weighted by atomic mass is 19.4. The van der Waals surface area contributed by atoms with E-state index < -0.39 is 24.3 Å². The minimum Gasteiger partial charge on any atom is -0.483 e. The van der Waals surface area contributed by atoms with Gasteiger partial charge < -0.3 is 14.8 Å². The van der Waals surface area contributed by atoms with Crippen molar-refractivity contribution in [2.45, 2.75) is 38.6 Å². The molecule has 132 valence electrons. The van der Waals surface area contributed by atoms with Crippen molar-refractivity contribution in [2.75, 3.05) is 13.2 Å². The zero-order valence-corrected chi connectivity index (χ0v) is 13.5. The van der Waals surface area contributed by atoms with Crippen molar-refractivity contribution in [3.63, 3.8) is 0 Å². The molecule has 1 N–H and O–H groups in total. The number of carbonyl (C=O) groups is 1. The topological polar surface area (TPSA) is 47.6 Å². The summed E-state index contributed by atoms with van der Waals surface area (Å²) in [7, 11) is 0. The summed E-state index contributed by atoms with van der Waals surface area (Å²) >= 11 is 0. The number of hydrogen-bond donors (Lipinski definition) is 1. The Labute approximate surface area is 138 Å². The Morgan fingerprint density at radius 1 is 1.38 bits per heavy atom. The normalized spacial score (nSPS) is 28.0. The van der Waals surface area contributed by atoms with Crippen LogP contribution in [0.15, 0.2) is 24.3 Å². The molecular weight excluding hydrogens is 323 g/mol. The standard InChI is InChI=1S/C17H20F3NO3/c1-16(2)14(10-7-8-23-15(10)16)21-13(22)9-24-12-6-4-3-5-11(12)17(18,19)20/h3-6,10,14-15H,7-9H2,1-2H3,(H,21,22)/t10-,14+,15+/m0/s1. The van der Waals surface area contributed by atoms with E-state index in [0.717, 1.165) is 12.5 Å². The van der Waals surface area contributed by atoms with E-state index in [0.29, 0.717) is 6.61 Å². The van der Waals surface area contributed by atoms with Crippen molar-refractivity contribution in [1.82, 2.24) is 5.32 Å². The van der Waals surface area contributed by atoms with Gasteiger partial charge in [-0.2, -0.15) is 13.2 Å². The van der Waals surface area contributed by atoms with Gasteiger partial charge in [0.25, 0.3) is 5.91 Å². The molecule has 1 amide bonds. The van der Waals surface area contributed by atoms with Gasteiger partial charge >= 0.3 is 6.18 Å². The van der Waals surface area contributed by atoms with Crippen LogP contribution in [0.25, 0.3) is 0 Å². The van der Waals surface area contributed by atoms with E-state index in [2.05, 4.69) is 5.32 Å². The summed E-state index contributed by atoms with van der Waals surface area (Å²) in [5, 5.41) is 2.88. The molecule has 1 aliphatic heterocycles. The van der Waals surface area contributed by atoms with Gasteiger partial charge in [0.05, 0.1) is 11.7 Å². The SMILES string of the molecule is CC1(C)[C@H](NC(=O)COc2ccccc2C(F)(F)F)[C@@H]2CCO[C@H]21. The van der Waals surface area contributed by atoms with Gasteiger partial charge in [-0.25, -0.2) is 0 Å². The Balaban J connectivity index is 1.59. The number of benzene rings is 1. The van der Waals surface area contributed by atoms with Crippen LogP contribution in [-0.2, 0) is 15.7 Å². The minimum atomic E-state index is -4.52. The molecule has 7 heteroatoms. The largest absolute Gasteiger partial charge is 0.483 e. The maximum Gasteiger partial charge on any atom is 0.419 e. The summed E-state index contributed by atoms with van der Waals surface area (Å²) in [5.74, 6) is -0.489. The monoisotopic (exact) mass is 343 g/mol. The summed E-state index contributed by atoms with van der Waals surface area (Å²) in [5.41, 5.74) is -1.06. The van der Waals surface area contributed by atoms with E-state index in [1.807, 2.05) is 13.8 Å². The van der Waals surface area contributed by atoms with Crippen molar-refractivity contribution >= 4 is 5.91 Å². The second-order valence-electron chi connectivity index (χ2n) is 6.89. The van der Waals surface area contributed by atoms with Crippen LogP contribution in [-0.4, -0.2) is 31.3 Å². The summed E-state index contributed by atoms with van der Waals surface area (Å²) in [4.78, 5) is 12.1. The molecule has 3 rings (SSSR count). The maximum atomic E-state index is 12.9. The number of rotatable bonds is 4. The van der Waals surface area contributed by atoms with Crippen molar-refractivity contribution in [2.24, 2.45) is 11.3 Å². The van der Waals surface area contributed by atoms with Crippen LogP contribution in [0.5, 0.6) is 5.75 Å². The van der Waals surface area contributed by atoms with E-state index in [9.17, 15) is 18.0 Å². The fourth-order valence-electron chi connectivity index (χ4n) is 3.80. The fraction of sp³-hybridized carbons (Fsp3) is 0.588.